The topological polar surface area (TPSA) is 80.8 Å². The molecule has 0 radical (unpaired) electrons. The minimum Gasteiger partial charge on any atom is -0.490 e. The van der Waals surface area contributed by atoms with Crippen molar-refractivity contribution < 1.29 is 9.53 Å². The maximum atomic E-state index is 11.1. The summed E-state index contributed by atoms with van der Waals surface area (Å²) in [6, 6.07) is 7.81. The Morgan fingerprint density at radius 3 is 2.89 bits per heavy atom. The standard InChI is InChI=1S/C21H23ClN4O2/c1-26(12-27)21(23)25-20-16-4-2-3-5-18(16)28-19-7-6-13(9-17(19)20)14-8-15(22)11-24-10-14/h6-12,16,18,20H,2-5H2,1H3,(H2,23,25). The fourth-order valence-electron chi connectivity index (χ4n) is 4.12. The second kappa shape index (κ2) is 7.80. The van der Waals surface area contributed by atoms with E-state index >= 15 is 0 Å². The summed E-state index contributed by atoms with van der Waals surface area (Å²) < 4.78 is 6.31. The molecule has 1 aromatic carbocycles. The average molecular weight is 399 g/mol. The van der Waals surface area contributed by atoms with Gasteiger partial charge < -0.3 is 10.5 Å². The van der Waals surface area contributed by atoms with Crippen LogP contribution in [-0.2, 0) is 4.79 Å². The Labute approximate surface area is 169 Å². The predicted octanol–water partition coefficient (Wildman–Crippen LogP) is 3.80. The Balaban J connectivity index is 1.80. The zero-order valence-corrected chi connectivity index (χ0v) is 16.5. The molecule has 1 aromatic heterocycles. The van der Waals surface area contributed by atoms with Crippen LogP contribution in [0.3, 0.4) is 0 Å². The lowest BCUT2D eigenvalue weighted by Gasteiger charge is -2.41. The van der Waals surface area contributed by atoms with Gasteiger partial charge in [-0.15, -0.1) is 0 Å². The van der Waals surface area contributed by atoms with Gasteiger partial charge >= 0.3 is 0 Å². The van der Waals surface area contributed by atoms with E-state index in [1.54, 1.807) is 19.4 Å². The Bertz CT molecular complexity index is 917. The number of carbonyl (C=O) groups is 1. The van der Waals surface area contributed by atoms with Crippen LogP contribution in [0.1, 0.15) is 37.3 Å². The lowest BCUT2D eigenvalue weighted by atomic mass is 9.76. The third-order valence-corrected chi connectivity index (χ3v) is 5.80. The maximum absolute atomic E-state index is 11.1. The first-order valence-corrected chi connectivity index (χ1v) is 9.87. The number of fused-ring (bicyclic) bond motifs is 2. The molecule has 0 bridgehead atoms. The molecule has 2 aliphatic rings. The van der Waals surface area contributed by atoms with Crippen molar-refractivity contribution in [1.29, 1.82) is 0 Å². The number of guanidine groups is 1. The number of nitrogens with two attached hydrogens (primary N) is 1. The number of hydrogen-bond acceptors (Lipinski definition) is 4. The number of nitrogens with zero attached hydrogens (tertiary/aromatic N) is 3. The van der Waals surface area contributed by atoms with Gasteiger partial charge in [0.15, 0.2) is 5.96 Å². The fourth-order valence-corrected chi connectivity index (χ4v) is 4.29. The highest BCUT2D eigenvalue weighted by atomic mass is 35.5. The Morgan fingerprint density at radius 2 is 2.11 bits per heavy atom. The molecule has 2 heterocycles. The molecular weight excluding hydrogens is 376 g/mol. The number of hydrogen-bond donors (Lipinski definition) is 1. The number of pyridine rings is 1. The summed E-state index contributed by atoms with van der Waals surface area (Å²) in [6.45, 7) is 0. The number of rotatable bonds is 3. The van der Waals surface area contributed by atoms with Crippen molar-refractivity contribution in [3.63, 3.8) is 0 Å². The van der Waals surface area contributed by atoms with Gasteiger partial charge in [0.1, 0.15) is 11.9 Å². The van der Waals surface area contributed by atoms with E-state index in [1.165, 1.54) is 4.90 Å². The molecule has 3 unspecified atom stereocenters. The normalized spacial score (nSPS) is 23.9. The van der Waals surface area contributed by atoms with Gasteiger partial charge in [-0.2, -0.15) is 0 Å². The summed E-state index contributed by atoms with van der Waals surface area (Å²) in [4.78, 5) is 21.3. The molecule has 1 aliphatic carbocycles. The summed E-state index contributed by atoms with van der Waals surface area (Å²) in [7, 11) is 1.61. The van der Waals surface area contributed by atoms with Crippen LogP contribution >= 0.6 is 11.6 Å². The zero-order valence-electron chi connectivity index (χ0n) is 15.7. The van der Waals surface area contributed by atoms with Crippen molar-refractivity contribution in [2.75, 3.05) is 7.05 Å². The zero-order chi connectivity index (χ0) is 19.7. The van der Waals surface area contributed by atoms with Crippen LogP contribution < -0.4 is 10.5 Å². The summed E-state index contributed by atoms with van der Waals surface area (Å²) in [5.74, 6) is 1.29. The van der Waals surface area contributed by atoms with Crippen molar-refractivity contribution in [3.8, 4) is 16.9 Å². The van der Waals surface area contributed by atoms with Gasteiger partial charge in [-0.3, -0.25) is 14.7 Å². The van der Waals surface area contributed by atoms with E-state index < -0.39 is 0 Å². The van der Waals surface area contributed by atoms with E-state index in [-0.39, 0.29) is 24.0 Å². The quantitative estimate of drug-likeness (QED) is 0.484. The van der Waals surface area contributed by atoms with Crippen molar-refractivity contribution >= 4 is 24.0 Å². The number of halogens is 1. The first-order chi connectivity index (χ1) is 13.6. The van der Waals surface area contributed by atoms with E-state index in [0.717, 1.165) is 48.1 Å². The molecule has 146 valence electrons. The maximum Gasteiger partial charge on any atom is 0.216 e. The molecule has 1 aliphatic heterocycles. The highest BCUT2D eigenvalue weighted by Gasteiger charge is 2.40. The van der Waals surface area contributed by atoms with Crippen LogP contribution in [0.15, 0.2) is 41.7 Å². The van der Waals surface area contributed by atoms with Crippen LogP contribution in [0.2, 0.25) is 5.02 Å². The van der Waals surface area contributed by atoms with Gasteiger partial charge in [0.25, 0.3) is 0 Å². The van der Waals surface area contributed by atoms with Gasteiger partial charge in [-0.05, 0) is 43.0 Å². The van der Waals surface area contributed by atoms with E-state index in [4.69, 9.17) is 27.1 Å². The molecule has 7 heteroatoms. The first kappa shape index (κ1) is 18.7. The van der Waals surface area contributed by atoms with Crippen molar-refractivity contribution in [3.05, 3.63) is 47.2 Å². The number of ether oxygens (including phenoxy) is 1. The van der Waals surface area contributed by atoms with Crippen molar-refractivity contribution in [2.24, 2.45) is 16.6 Å². The van der Waals surface area contributed by atoms with Gasteiger partial charge in [0.05, 0.1) is 11.1 Å². The molecule has 0 spiro atoms. The molecule has 1 saturated carbocycles. The molecule has 1 fully saturated rings. The second-order valence-corrected chi connectivity index (χ2v) is 7.83. The minimum atomic E-state index is -0.149. The van der Waals surface area contributed by atoms with Gasteiger partial charge in [-0.25, -0.2) is 4.99 Å². The highest BCUT2D eigenvalue weighted by Crippen LogP contribution is 2.47. The second-order valence-electron chi connectivity index (χ2n) is 7.40. The molecule has 28 heavy (non-hydrogen) atoms. The molecule has 1 amide bonds. The Kier molecular flexibility index (Phi) is 5.22. The number of aromatic nitrogens is 1. The van der Waals surface area contributed by atoms with Gasteiger partial charge in [0.2, 0.25) is 6.41 Å². The van der Waals surface area contributed by atoms with E-state index in [0.29, 0.717) is 11.4 Å². The molecule has 0 saturated heterocycles. The molecular formula is C21H23ClN4O2. The summed E-state index contributed by atoms with van der Waals surface area (Å²) >= 11 is 6.11. The lowest BCUT2D eigenvalue weighted by molar-refractivity contribution is -0.114. The number of carbonyl (C=O) groups excluding carboxylic acids is 1. The van der Waals surface area contributed by atoms with Crippen LogP contribution in [0, 0.1) is 5.92 Å². The third-order valence-electron chi connectivity index (χ3n) is 5.60. The first-order valence-electron chi connectivity index (χ1n) is 9.49. The van der Waals surface area contributed by atoms with Gasteiger partial charge in [-0.1, -0.05) is 24.1 Å². The Morgan fingerprint density at radius 1 is 1.29 bits per heavy atom. The lowest BCUT2D eigenvalue weighted by Crippen LogP contribution is -2.40. The Hall–Kier alpha value is -2.60. The van der Waals surface area contributed by atoms with Crippen molar-refractivity contribution in [2.45, 2.75) is 37.8 Å². The molecule has 4 rings (SSSR count). The summed E-state index contributed by atoms with van der Waals surface area (Å²) in [5.41, 5.74) is 9.00. The summed E-state index contributed by atoms with van der Waals surface area (Å²) in [5, 5.41) is 0.588. The number of benzene rings is 1. The largest absolute Gasteiger partial charge is 0.490 e. The van der Waals surface area contributed by atoms with Crippen LogP contribution in [-0.4, -0.2) is 35.4 Å². The molecule has 6 nitrogen and oxygen atoms in total. The monoisotopic (exact) mass is 398 g/mol. The molecule has 3 atom stereocenters. The fraction of sp³-hybridized carbons (Fsp3) is 0.381. The SMILES string of the molecule is CN(C=O)C(N)=NC1c2cc(-c3cncc(Cl)c3)ccc2OC2CCCCC21. The molecule has 2 N–H and O–H groups in total. The van der Waals surface area contributed by atoms with Crippen LogP contribution in [0.4, 0.5) is 0 Å². The summed E-state index contributed by atoms with van der Waals surface area (Å²) in [6.07, 6.45) is 8.54. The van der Waals surface area contributed by atoms with E-state index in [9.17, 15) is 4.79 Å². The van der Waals surface area contributed by atoms with Crippen LogP contribution in [0.25, 0.3) is 11.1 Å². The predicted molar refractivity (Wildman–Crippen MR) is 109 cm³/mol. The number of amides is 1. The highest BCUT2D eigenvalue weighted by molar-refractivity contribution is 6.30. The van der Waals surface area contributed by atoms with E-state index in [1.807, 2.05) is 18.2 Å². The van der Waals surface area contributed by atoms with Gasteiger partial charge in [0, 0.05) is 36.5 Å². The average Bonchev–Trinajstić information content (AvgIpc) is 2.72. The minimum absolute atomic E-state index is 0.128. The third kappa shape index (κ3) is 3.56. The smallest absolute Gasteiger partial charge is 0.216 e. The number of aliphatic imine (C=N–C) groups is 1. The molecule has 2 aromatic rings. The van der Waals surface area contributed by atoms with E-state index in [2.05, 4.69) is 11.1 Å². The van der Waals surface area contributed by atoms with Crippen molar-refractivity contribution in [1.82, 2.24) is 9.88 Å². The van der Waals surface area contributed by atoms with Crippen LogP contribution in [0.5, 0.6) is 5.75 Å².